The van der Waals surface area contributed by atoms with Gasteiger partial charge >= 0.3 is 0 Å². The number of aryl methyl sites for hydroxylation is 1. The lowest BCUT2D eigenvalue weighted by molar-refractivity contribution is -0.122. The van der Waals surface area contributed by atoms with Crippen LogP contribution in [0.5, 0.6) is 0 Å². The summed E-state index contributed by atoms with van der Waals surface area (Å²) in [5.41, 5.74) is 2.00. The monoisotopic (exact) mass is 416 g/mol. The number of carbonyl (C=O) groups excluding carboxylic acids is 2. The van der Waals surface area contributed by atoms with E-state index in [1.807, 2.05) is 41.9 Å². The van der Waals surface area contributed by atoms with Crippen molar-refractivity contribution in [1.82, 2.24) is 20.4 Å². The van der Waals surface area contributed by atoms with Crippen LogP contribution in [0.3, 0.4) is 0 Å². The van der Waals surface area contributed by atoms with E-state index in [9.17, 15) is 9.59 Å². The number of thiophene rings is 1. The Kier molecular flexibility index (Phi) is 5.37. The number of rotatable bonds is 7. The van der Waals surface area contributed by atoms with Crippen molar-refractivity contribution in [1.29, 1.82) is 0 Å². The number of nitrogens with one attached hydrogen (secondary N) is 2. The predicted molar refractivity (Wildman–Crippen MR) is 111 cm³/mol. The van der Waals surface area contributed by atoms with Gasteiger partial charge in [-0.3, -0.25) is 14.3 Å². The first-order chi connectivity index (χ1) is 13.5. The molecule has 4 rings (SSSR count). The maximum atomic E-state index is 12.5. The van der Waals surface area contributed by atoms with Gasteiger partial charge in [0.05, 0.1) is 17.1 Å². The first-order valence-corrected chi connectivity index (χ1v) is 10.5. The van der Waals surface area contributed by atoms with E-state index in [1.54, 1.807) is 0 Å². The molecule has 2 N–H and O–H groups in total. The number of halogens is 1. The van der Waals surface area contributed by atoms with E-state index in [1.165, 1.54) is 11.3 Å². The molecular formula is C20H21ClN4O2S. The van der Waals surface area contributed by atoms with Gasteiger partial charge in [-0.25, -0.2) is 0 Å². The summed E-state index contributed by atoms with van der Waals surface area (Å²) < 4.78 is 1.92. The van der Waals surface area contributed by atoms with Crippen LogP contribution in [-0.4, -0.2) is 34.7 Å². The Bertz CT molecular complexity index is 1020. The third kappa shape index (κ3) is 4.20. The van der Waals surface area contributed by atoms with Crippen LogP contribution in [0.1, 0.15) is 33.8 Å². The van der Waals surface area contributed by atoms with Gasteiger partial charge < -0.3 is 10.6 Å². The summed E-state index contributed by atoms with van der Waals surface area (Å²) in [6.07, 6.45) is 1.96. The fourth-order valence-electron chi connectivity index (χ4n) is 3.03. The molecule has 1 saturated carbocycles. The lowest BCUT2D eigenvalue weighted by atomic mass is 10.2. The van der Waals surface area contributed by atoms with Crippen LogP contribution in [0.2, 0.25) is 5.02 Å². The predicted octanol–water partition coefficient (Wildman–Crippen LogP) is 3.36. The number of amides is 2. The number of hydrogen-bond donors (Lipinski definition) is 2. The van der Waals surface area contributed by atoms with Crippen molar-refractivity contribution >= 4 is 45.0 Å². The minimum Gasteiger partial charge on any atom is -0.354 e. The SMILES string of the molecule is Cc1nn(Cc2ccc(Cl)cc2)c2sc(C(=O)NCCNC(=O)C3CC3)cc12. The maximum absolute atomic E-state index is 12.5. The highest BCUT2D eigenvalue weighted by molar-refractivity contribution is 7.20. The molecule has 0 atom stereocenters. The first-order valence-electron chi connectivity index (χ1n) is 9.28. The van der Waals surface area contributed by atoms with E-state index in [0.29, 0.717) is 29.5 Å². The molecule has 1 aliphatic carbocycles. The Morgan fingerprint density at radius 2 is 1.93 bits per heavy atom. The fourth-order valence-corrected chi connectivity index (χ4v) is 4.24. The minimum absolute atomic E-state index is 0.0917. The van der Waals surface area contributed by atoms with E-state index in [0.717, 1.165) is 34.3 Å². The van der Waals surface area contributed by atoms with Gasteiger partial charge in [0.25, 0.3) is 5.91 Å². The Hall–Kier alpha value is -2.38. The van der Waals surface area contributed by atoms with E-state index in [4.69, 9.17) is 11.6 Å². The van der Waals surface area contributed by atoms with Gasteiger partial charge in [-0.15, -0.1) is 11.3 Å². The van der Waals surface area contributed by atoms with Crippen molar-refractivity contribution in [2.24, 2.45) is 5.92 Å². The zero-order valence-corrected chi connectivity index (χ0v) is 17.1. The van der Waals surface area contributed by atoms with E-state index in [2.05, 4.69) is 15.7 Å². The standard InChI is InChI=1S/C20H21ClN4O2S/c1-12-16-10-17(19(27)23-9-8-22-18(26)14-4-5-14)28-20(16)25(24-12)11-13-2-6-15(21)7-3-13/h2-3,6-7,10,14H,4-5,8-9,11H2,1H3,(H,22,26)(H,23,27). The van der Waals surface area contributed by atoms with Gasteiger partial charge in [-0.1, -0.05) is 23.7 Å². The summed E-state index contributed by atoms with van der Waals surface area (Å²) in [7, 11) is 0. The molecule has 0 spiro atoms. The van der Waals surface area contributed by atoms with Crippen molar-refractivity contribution < 1.29 is 9.59 Å². The number of fused-ring (bicyclic) bond motifs is 1. The summed E-state index contributed by atoms with van der Waals surface area (Å²) >= 11 is 7.38. The number of carbonyl (C=O) groups is 2. The van der Waals surface area contributed by atoms with Crippen molar-refractivity contribution in [2.75, 3.05) is 13.1 Å². The third-order valence-corrected chi connectivity index (χ3v) is 6.13. The van der Waals surface area contributed by atoms with Gasteiger partial charge in [-0.05, 0) is 43.5 Å². The van der Waals surface area contributed by atoms with Crippen LogP contribution >= 0.6 is 22.9 Å². The molecule has 0 bridgehead atoms. The average Bonchev–Trinajstić information content (AvgIpc) is 3.37. The van der Waals surface area contributed by atoms with Crippen molar-refractivity contribution in [3.05, 3.63) is 51.5 Å². The van der Waals surface area contributed by atoms with Crippen molar-refractivity contribution in [2.45, 2.75) is 26.3 Å². The Morgan fingerprint density at radius 1 is 1.21 bits per heavy atom. The topological polar surface area (TPSA) is 76.0 Å². The average molecular weight is 417 g/mol. The number of benzene rings is 1. The molecule has 28 heavy (non-hydrogen) atoms. The van der Waals surface area contributed by atoms with Gasteiger partial charge in [0.15, 0.2) is 0 Å². The zero-order chi connectivity index (χ0) is 19.7. The van der Waals surface area contributed by atoms with Crippen LogP contribution < -0.4 is 10.6 Å². The highest BCUT2D eigenvalue weighted by atomic mass is 35.5. The maximum Gasteiger partial charge on any atom is 0.261 e. The third-order valence-electron chi connectivity index (χ3n) is 4.73. The molecule has 0 saturated heterocycles. The van der Waals surface area contributed by atoms with Crippen LogP contribution in [0.25, 0.3) is 10.2 Å². The minimum atomic E-state index is -0.126. The van der Waals surface area contributed by atoms with E-state index < -0.39 is 0 Å². The fraction of sp³-hybridized carbons (Fsp3) is 0.350. The summed E-state index contributed by atoms with van der Waals surface area (Å²) in [5.74, 6) is 0.151. The van der Waals surface area contributed by atoms with Gasteiger partial charge in [-0.2, -0.15) is 5.10 Å². The molecule has 1 aliphatic rings. The van der Waals surface area contributed by atoms with Crippen molar-refractivity contribution in [3.63, 3.8) is 0 Å². The van der Waals surface area contributed by atoms with Crippen molar-refractivity contribution in [3.8, 4) is 0 Å². The number of aromatic nitrogens is 2. The molecule has 0 unspecified atom stereocenters. The van der Waals surface area contributed by atoms with Gasteiger partial charge in [0.1, 0.15) is 4.83 Å². The summed E-state index contributed by atoms with van der Waals surface area (Å²) in [4.78, 5) is 25.7. The zero-order valence-electron chi connectivity index (χ0n) is 15.5. The highest BCUT2D eigenvalue weighted by Gasteiger charge is 2.29. The molecule has 146 valence electrons. The molecule has 3 aromatic rings. The molecule has 6 nitrogen and oxygen atoms in total. The quantitative estimate of drug-likeness (QED) is 0.580. The molecule has 2 aromatic heterocycles. The molecular weight excluding hydrogens is 396 g/mol. The molecule has 8 heteroatoms. The van der Waals surface area contributed by atoms with E-state index in [-0.39, 0.29) is 17.7 Å². The van der Waals surface area contributed by atoms with Crippen LogP contribution in [0, 0.1) is 12.8 Å². The lowest BCUT2D eigenvalue weighted by Gasteiger charge is -2.05. The smallest absolute Gasteiger partial charge is 0.261 e. The Morgan fingerprint density at radius 3 is 2.64 bits per heavy atom. The van der Waals surface area contributed by atoms with Crippen LogP contribution in [-0.2, 0) is 11.3 Å². The highest BCUT2D eigenvalue weighted by Crippen LogP contribution is 2.29. The molecule has 2 heterocycles. The second-order valence-corrected chi connectivity index (χ2v) is 8.49. The molecule has 1 aromatic carbocycles. The summed E-state index contributed by atoms with van der Waals surface area (Å²) in [6.45, 7) is 3.44. The second kappa shape index (κ2) is 7.93. The van der Waals surface area contributed by atoms with E-state index >= 15 is 0 Å². The van der Waals surface area contributed by atoms with Gasteiger partial charge in [0, 0.05) is 29.4 Å². The Balaban J connectivity index is 1.41. The molecule has 2 amide bonds. The Labute approximate surface area is 171 Å². The molecule has 0 aliphatic heterocycles. The summed E-state index contributed by atoms with van der Waals surface area (Å²) in [5, 5.41) is 12.0. The number of nitrogens with zero attached hydrogens (tertiary/aromatic N) is 2. The number of hydrogen-bond acceptors (Lipinski definition) is 4. The van der Waals surface area contributed by atoms with Crippen LogP contribution in [0.4, 0.5) is 0 Å². The van der Waals surface area contributed by atoms with Gasteiger partial charge in [0.2, 0.25) is 5.91 Å². The normalized spacial score (nSPS) is 13.6. The summed E-state index contributed by atoms with van der Waals surface area (Å²) in [6, 6.07) is 9.56. The second-order valence-electron chi connectivity index (χ2n) is 7.02. The first kappa shape index (κ1) is 19.0. The lowest BCUT2D eigenvalue weighted by Crippen LogP contribution is -2.35. The molecule has 0 radical (unpaired) electrons. The largest absolute Gasteiger partial charge is 0.354 e. The van der Waals surface area contributed by atoms with Crippen LogP contribution in [0.15, 0.2) is 30.3 Å². The molecule has 1 fully saturated rings.